The van der Waals surface area contributed by atoms with Crippen molar-refractivity contribution in [1.82, 2.24) is 0 Å². The zero-order valence-electron chi connectivity index (χ0n) is 7.31. The van der Waals surface area contributed by atoms with Crippen LogP contribution in [0.4, 0.5) is 5.69 Å². The highest BCUT2D eigenvalue weighted by Gasteiger charge is 2.03. The van der Waals surface area contributed by atoms with Crippen LogP contribution in [-0.4, -0.2) is 5.84 Å². The van der Waals surface area contributed by atoms with Gasteiger partial charge in [-0.05, 0) is 37.1 Å². The monoisotopic (exact) mass is 163 g/mol. The van der Waals surface area contributed by atoms with E-state index in [0.29, 0.717) is 11.3 Å². The van der Waals surface area contributed by atoms with Gasteiger partial charge in [0.15, 0.2) is 0 Å². The number of benzene rings is 1. The number of nitrogens with one attached hydrogen (secondary N) is 1. The largest absolute Gasteiger partial charge is 0.398 e. The van der Waals surface area contributed by atoms with Crippen LogP contribution < -0.4 is 11.5 Å². The topological polar surface area (TPSA) is 75.9 Å². The molecule has 0 aromatic heterocycles. The summed E-state index contributed by atoms with van der Waals surface area (Å²) < 4.78 is 0. The van der Waals surface area contributed by atoms with E-state index in [-0.39, 0.29) is 5.84 Å². The van der Waals surface area contributed by atoms with E-state index in [2.05, 4.69) is 0 Å². The third kappa shape index (κ3) is 1.39. The molecular formula is C9H13N3. The summed E-state index contributed by atoms with van der Waals surface area (Å²) in [6, 6.07) is 3.68. The molecule has 1 rings (SSSR count). The fourth-order valence-electron chi connectivity index (χ4n) is 1.07. The molecule has 0 aliphatic heterocycles. The number of anilines is 1. The van der Waals surface area contributed by atoms with Gasteiger partial charge >= 0.3 is 0 Å². The van der Waals surface area contributed by atoms with Crippen LogP contribution in [0.25, 0.3) is 0 Å². The molecule has 3 heteroatoms. The molecule has 0 fully saturated rings. The molecule has 0 unspecified atom stereocenters. The molecule has 0 radical (unpaired) electrons. The fourth-order valence-corrected chi connectivity index (χ4v) is 1.07. The standard InChI is InChI=1S/C9H13N3/c1-5-3-7(9(11)12)8(10)4-6(5)2/h3-4H,10H2,1-2H3,(H3,11,12). The summed E-state index contributed by atoms with van der Waals surface area (Å²) in [5, 5.41) is 7.24. The molecule has 0 bridgehead atoms. The predicted molar refractivity (Wildman–Crippen MR) is 51.3 cm³/mol. The first-order valence-corrected chi connectivity index (χ1v) is 3.73. The Labute approximate surface area is 71.9 Å². The summed E-state index contributed by atoms with van der Waals surface area (Å²) in [6.45, 7) is 3.96. The zero-order chi connectivity index (χ0) is 9.30. The van der Waals surface area contributed by atoms with Crippen molar-refractivity contribution in [3.05, 3.63) is 28.8 Å². The highest BCUT2D eigenvalue weighted by molar-refractivity contribution is 6.00. The van der Waals surface area contributed by atoms with Gasteiger partial charge in [-0.15, -0.1) is 0 Å². The Morgan fingerprint density at radius 1 is 1.25 bits per heavy atom. The van der Waals surface area contributed by atoms with Crippen molar-refractivity contribution in [2.24, 2.45) is 5.73 Å². The minimum Gasteiger partial charge on any atom is -0.398 e. The number of nitrogen functional groups attached to an aromatic ring is 2. The van der Waals surface area contributed by atoms with E-state index in [1.54, 1.807) is 0 Å². The van der Waals surface area contributed by atoms with Gasteiger partial charge < -0.3 is 11.5 Å². The van der Waals surface area contributed by atoms with Crippen LogP contribution in [0.2, 0.25) is 0 Å². The van der Waals surface area contributed by atoms with Crippen LogP contribution in [0.3, 0.4) is 0 Å². The van der Waals surface area contributed by atoms with Gasteiger partial charge in [-0.1, -0.05) is 0 Å². The summed E-state index contributed by atoms with van der Waals surface area (Å²) in [5.74, 6) is 0.0237. The molecule has 1 aromatic carbocycles. The van der Waals surface area contributed by atoms with Crippen LogP contribution in [0.1, 0.15) is 16.7 Å². The van der Waals surface area contributed by atoms with Gasteiger partial charge in [0, 0.05) is 11.3 Å². The maximum atomic E-state index is 7.24. The molecule has 0 atom stereocenters. The molecule has 12 heavy (non-hydrogen) atoms. The lowest BCUT2D eigenvalue weighted by Gasteiger charge is -2.07. The summed E-state index contributed by atoms with van der Waals surface area (Å²) in [5.41, 5.74) is 14.4. The van der Waals surface area contributed by atoms with E-state index in [1.165, 1.54) is 0 Å². The van der Waals surface area contributed by atoms with Gasteiger partial charge in [-0.2, -0.15) is 0 Å². The van der Waals surface area contributed by atoms with E-state index in [4.69, 9.17) is 16.9 Å². The first-order chi connectivity index (χ1) is 5.52. The fraction of sp³-hybridized carbons (Fsp3) is 0.222. The van der Waals surface area contributed by atoms with Crippen LogP contribution in [0.5, 0.6) is 0 Å². The van der Waals surface area contributed by atoms with Gasteiger partial charge in [-0.3, -0.25) is 5.41 Å². The smallest absolute Gasteiger partial charge is 0.124 e. The van der Waals surface area contributed by atoms with E-state index in [0.717, 1.165) is 11.1 Å². The number of hydrogen-bond acceptors (Lipinski definition) is 2. The quantitative estimate of drug-likeness (QED) is 0.330. The van der Waals surface area contributed by atoms with Crippen molar-refractivity contribution in [2.45, 2.75) is 13.8 Å². The molecule has 5 N–H and O–H groups in total. The van der Waals surface area contributed by atoms with Gasteiger partial charge in [0.1, 0.15) is 5.84 Å². The van der Waals surface area contributed by atoms with Crippen LogP contribution >= 0.6 is 0 Å². The third-order valence-electron chi connectivity index (χ3n) is 1.96. The van der Waals surface area contributed by atoms with Crippen molar-refractivity contribution in [1.29, 1.82) is 5.41 Å². The molecule has 1 aromatic rings. The minimum atomic E-state index is 0.0237. The lowest BCUT2D eigenvalue weighted by molar-refractivity contribution is 1.32. The second-order valence-electron chi connectivity index (χ2n) is 2.94. The molecule has 0 heterocycles. The Bertz CT molecular complexity index is 329. The van der Waals surface area contributed by atoms with E-state index in [1.807, 2.05) is 26.0 Å². The summed E-state index contributed by atoms with van der Waals surface area (Å²) in [4.78, 5) is 0. The van der Waals surface area contributed by atoms with Crippen molar-refractivity contribution >= 4 is 11.5 Å². The average Bonchev–Trinajstić information content (AvgIpc) is 1.96. The van der Waals surface area contributed by atoms with Gasteiger partial charge in [0.25, 0.3) is 0 Å². The van der Waals surface area contributed by atoms with Crippen molar-refractivity contribution in [3.63, 3.8) is 0 Å². The summed E-state index contributed by atoms with van der Waals surface area (Å²) >= 11 is 0. The van der Waals surface area contributed by atoms with E-state index in [9.17, 15) is 0 Å². The summed E-state index contributed by atoms with van der Waals surface area (Å²) in [6.07, 6.45) is 0. The molecule has 0 aliphatic rings. The number of aryl methyl sites for hydroxylation is 2. The number of nitrogens with two attached hydrogens (primary N) is 2. The lowest BCUT2D eigenvalue weighted by Crippen LogP contribution is -2.14. The Balaban J connectivity index is 3.33. The Hall–Kier alpha value is -1.51. The zero-order valence-corrected chi connectivity index (χ0v) is 7.31. The molecule has 3 nitrogen and oxygen atoms in total. The Kier molecular flexibility index (Phi) is 2.04. The first kappa shape index (κ1) is 8.59. The third-order valence-corrected chi connectivity index (χ3v) is 1.96. The maximum Gasteiger partial charge on any atom is 0.124 e. The molecule has 64 valence electrons. The van der Waals surface area contributed by atoms with Crippen molar-refractivity contribution in [3.8, 4) is 0 Å². The molecule has 0 spiro atoms. The number of rotatable bonds is 1. The van der Waals surface area contributed by atoms with Crippen molar-refractivity contribution < 1.29 is 0 Å². The highest BCUT2D eigenvalue weighted by Crippen LogP contribution is 2.16. The van der Waals surface area contributed by atoms with Crippen LogP contribution in [0.15, 0.2) is 12.1 Å². The minimum absolute atomic E-state index is 0.0237. The van der Waals surface area contributed by atoms with Crippen molar-refractivity contribution in [2.75, 3.05) is 5.73 Å². The van der Waals surface area contributed by atoms with Gasteiger partial charge in [-0.25, -0.2) is 0 Å². The van der Waals surface area contributed by atoms with Gasteiger partial charge in [0.2, 0.25) is 0 Å². The number of amidine groups is 1. The maximum absolute atomic E-state index is 7.24. The average molecular weight is 163 g/mol. The second kappa shape index (κ2) is 2.85. The highest BCUT2D eigenvalue weighted by atomic mass is 14.7. The predicted octanol–water partition coefficient (Wildman–Crippen LogP) is 1.17. The lowest BCUT2D eigenvalue weighted by atomic mass is 10.0. The van der Waals surface area contributed by atoms with Crippen LogP contribution in [-0.2, 0) is 0 Å². The van der Waals surface area contributed by atoms with Gasteiger partial charge in [0.05, 0.1) is 0 Å². The van der Waals surface area contributed by atoms with Crippen LogP contribution in [0, 0.1) is 19.3 Å². The molecule has 0 amide bonds. The SMILES string of the molecule is Cc1cc(N)c(C(=N)N)cc1C. The molecule has 0 saturated heterocycles. The Morgan fingerprint density at radius 3 is 2.25 bits per heavy atom. The molecular weight excluding hydrogens is 150 g/mol. The molecule has 0 aliphatic carbocycles. The Morgan fingerprint density at radius 2 is 1.75 bits per heavy atom. The molecule has 0 saturated carbocycles. The normalized spacial score (nSPS) is 9.83. The second-order valence-corrected chi connectivity index (χ2v) is 2.94. The number of hydrogen-bond donors (Lipinski definition) is 3. The van der Waals surface area contributed by atoms with E-state index < -0.39 is 0 Å². The summed E-state index contributed by atoms with van der Waals surface area (Å²) in [7, 11) is 0. The first-order valence-electron chi connectivity index (χ1n) is 3.73. The van der Waals surface area contributed by atoms with E-state index >= 15 is 0 Å².